The highest BCUT2D eigenvalue weighted by molar-refractivity contribution is 7.92. The molecule has 0 unspecified atom stereocenters. The lowest BCUT2D eigenvalue weighted by molar-refractivity contribution is 0.506. The number of nitrogens with zero attached hydrogens (tertiary/aromatic N) is 4. The lowest BCUT2D eigenvalue weighted by Gasteiger charge is -2.30. The fourth-order valence-corrected chi connectivity index (χ4v) is 4.75. The van der Waals surface area contributed by atoms with E-state index in [0.717, 1.165) is 48.7 Å². The minimum absolute atomic E-state index is 0.158. The molecule has 0 bridgehead atoms. The van der Waals surface area contributed by atoms with Crippen LogP contribution < -0.4 is 4.31 Å². The molecule has 0 aliphatic carbocycles. The summed E-state index contributed by atoms with van der Waals surface area (Å²) in [6.45, 7) is 1.15. The highest BCUT2D eigenvalue weighted by Crippen LogP contribution is 2.30. The first-order chi connectivity index (χ1) is 10.6. The van der Waals surface area contributed by atoms with Gasteiger partial charge in [0.05, 0.1) is 18.0 Å². The van der Waals surface area contributed by atoms with E-state index in [2.05, 4.69) is 14.8 Å². The summed E-state index contributed by atoms with van der Waals surface area (Å²) in [7, 11) is -3.29. The standard InChI is InChI=1S/C15H18N4O2S/c20-22(21)10-8-12-5-1-2-6-13(12)19(22)11-15-17-16-14-7-3-4-9-18(14)15/h1-2,5-6H,3-4,7-11H2. The highest BCUT2D eigenvalue weighted by Gasteiger charge is 2.31. The van der Waals surface area contributed by atoms with Crippen molar-refractivity contribution >= 4 is 15.7 Å². The van der Waals surface area contributed by atoms with Gasteiger partial charge in [0.15, 0.2) is 5.82 Å². The molecule has 0 N–H and O–H groups in total. The van der Waals surface area contributed by atoms with Crippen molar-refractivity contribution in [2.24, 2.45) is 0 Å². The van der Waals surface area contributed by atoms with Crippen molar-refractivity contribution in [1.29, 1.82) is 0 Å². The largest absolute Gasteiger partial charge is 0.313 e. The predicted octanol–water partition coefficient (Wildman–Crippen LogP) is 1.51. The van der Waals surface area contributed by atoms with Gasteiger partial charge in [0.2, 0.25) is 10.0 Å². The number of hydrogen-bond acceptors (Lipinski definition) is 4. The fourth-order valence-electron chi connectivity index (χ4n) is 3.26. The number of anilines is 1. The number of sulfonamides is 1. The number of aromatic nitrogens is 3. The average molecular weight is 318 g/mol. The van der Waals surface area contributed by atoms with Gasteiger partial charge >= 0.3 is 0 Å². The zero-order valence-corrected chi connectivity index (χ0v) is 13.1. The van der Waals surface area contributed by atoms with E-state index in [9.17, 15) is 8.42 Å². The van der Waals surface area contributed by atoms with E-state index in [1.54, 1.807) is 0 Å². The molecule has 0 amide bonds. The average Bonchev–Trinajstić information content (AvgIpc) is 2.93. The number of fused-ring (bicyclic) bond motifs is 2. The molecule has 2 aliphatic rings. The Kier molecular flexibility index (Phi) is 3.18. The van der Waals surface area contributed by atoms with Gasteiger partial charge < -0.3 is 4.57 Å². The molecular formula is C15H18N4O2S. The molecule has 22 heavy (non-hydrogen) atoms. The van der Waals surface area contributed by atoms with Gasteiger partial charge in [-0.15, -0.1) is 10.2 Å². The van der Waals surface area contributed by atoms with E-state index in [0.29, 0.717) is 6.42 Å². The van der Waals surface area contributed by atoms with E-state index in [4.69, 9.17) is 0 Å². The summed E-state index contributed by atoms with van der Waals surface area (Å²) in [4.78, 5) is 0. The van der Waals surface area contributed by atoms with Crippen LogP contribution >= 0.6 is 0 Å². The van der Waals surface area contributed by atoms with Crippen molar-refractivity contribution < 1.29 is 8.42 Å². The lowest BCUT2D eigenvalue weighted by Crippen LogP contribution is -2.38. The highest BCUT2D eigenvalue weighted by atomic mass is 32.2. The maximum atomic E-state index is 12.5. The van der Waals surface area contributed by atoms with E-state index < -0.39 is 10.0 Å². The first-order valence-corrected chi connectivity index (χ1v) is 9.25. The van der Waals surface area contributed by atoms with Crippen molar-refractivity contribution in [3.05, 3.63) is 41.5 Å². The molecular weight excluding hydrogens is 300 g/mol. The second kappa shape index (κ2) is 5.08. The number of benzene rings is 1. The fraction of sp³-hybridized carbons (Fsp3) is 0.467. The third kappa shape index (κ3) is 2.20. The molecule has 0 saturated carbocycles. The number of para-hydroxylation sites is 1. The van der Waals surface area contributed by atoms with Crippen LogP contribution in [-0.4, -0.2) is 28.9 Å². The zero-order valence-electron chi connectivity index (χ0n) is 12.3. The maximum Gasteiger partial charge on any atom is 0.235 e. The summed E-state index contributed by atoms with van der Waals surface area (Å²) in [5.74, 6) is 1.88. The van der Waals surface area contributed by atoms with Crippen LogP contribution in [0.2, 0.25) is 0 Å². The molecule has 0 atom stereocenters. The molecule has 4 rings (SSSR count). The molecule has 0 radical (unpaired) electrons. The number of hydrogen-bond donors (Lipinski definition) is 0. The number of rotatable bonds is 2. The van der Waals surface area contributed by atoms with Crippen LogP contribution in [0.4, 0.5) is 5.69 Å². The Balaban J connectivity index is 1.74. The van der Waals surface area contributed by atoms with Gasteiger partial charge in [0, 0.05) is 13.0 Å². The number of aryl methyl sites for hydroxylation is 2. The second-order valence-electron chi connectivity index (χ2n) is 5.84. The maximum absolute atomic E-state index is 12.5. The van der Waals surface area contributed by atoms with Crippen molar-refractivity contribution in [2.45, 2.75) is 38.8 Å². The SMILES string of the molecule is O=S1(=O)CCc2ccccc2N1Cc1nnc2n1CCCC2. The molecule has 1 aromatic carbocycles. The lowest BCUT2D eigenvalue weighted by atomic mass is 10.1. The molecule has 1 aromatic heterocycles. The van der Waals surface area contributed by atoms with Gasteiger partial charge in [-0.25, -0.2) is 8.42 Å². The Morgan fingerprint density at radius 3 is 2.86 bits per heavy atom. The van der Waals surface area contributed by atoms with E-state index in [1.165, 1.54) is 4.31 Å². The smallest absolute Gasteiger partial charge is 0.235 e. The van der Waals surface area contributed by atoms with Crippen molar-refractivity contribution in [1.82, 2.24) is 14.8 Å². The van der Waals surface area contributed by atoms with Crippen molar-refractivity contribution in [3.63, 3.8) is 0 Å². The van der Waals surface area contributed by atoms with Crippen LogP contribution in [0.3, 0.4) is 0 Å². The van der Waals surface area contributed by atoms with Gasteiger partial charge in [-0.1, -0.05) is 18.2 Å². The van der Waals surface area contributed by atoms with Crippen molar-refractivity contribution in [2.75, 3.05) is 10.1 Å². The van der Waals surface area contributed by atoms with Crippen LogP contribution in [0.25, 0.3) is 0 Å². The normalized spacial score (nSPS) is 19.5. The molecule has 0 spiro atoms. The van der Waals surface area contributed by atoms with Crippen LogP contribution in [0, 0.1) is 0 Å². The van der Waals surface area contributed by atoms with Gasteiger partial charge in [-0.05, 0) is 30.9 Å². The van der Waals surface area contributed by atoms with Crippen LogP contribution in [-0.2, 0) is 36.0 Å². The molecule has 7 heteroatoms. The summed E-state index contributed by atoms with van der Waals surface area (Å²) in [5, 5.41) is 8.45. The Hall–Kier alpha value is -1.89. The Labute approximate surface area is 129 Å². The van der Waals surface area contributed by atoms with Crippen LogP contribution in [0.1, 0.15) is 30.1 Å². The van der Waals surface area contributed by atoms with Gasteiger partial charge in [0.1, 0.15) is 5.82 Å². The minimum Gasteiger partial charge on any atom is -0.313 e. The summed E-state index contributed by atoms with van der Waals surface area (Å²) in [5.41, 5.74) is 1.86. The van der Waals surface area contributed by atoms with Gasteiger partial charge in [0.25, 0.3) is 0 Å². The van der Waals surface area contributed by atoms with E-state index in [-0.39, 0.29) is 12.3 Å². The molecule has 6 nitrogen and oxygen atoms in total. The molecule has 2 aromatic rings. The van der Waals surface area contributed by atoms with E-state index >= 15 is 0 Å². The summed E-state index contributed by atoms with van der Waals surface area (Å²) >= 11 is 0. The van der Waals surface area contributed by atoms with Gasteiger partial charge in [-0.3, -0.25) is 4.31 Å². The second-order valence-corrected chi connectivity index (χ2v) is 7.86. The Morgan fingerprint density at radius 2 is 1.95 bits per heavy atom. The van der Waals surface area contributed by atoms with Crippen LogP contribution in [0.15, 0.2) is 24.3 Å². The summed E-state index contributed by atoms with van der Waals surface area (Å²) < 4.78 is 28.6. The Morgan fingerprint density at radius 1 is 1.09 bits per heavy atom. The molecule has 2 aliphatic heterocycles. The quantitative estimate of drug-likeness (QED) is 0.841. The molecule has 116 valence electrons. The molecule has 3 heterocycles. The van der Waals surface area contributed by atoms with Gasteiger partial charge in [-0.2, -0.15) is 0 Å². The molecule has 0 fully saturated rings. The van der Waals surface area contributed by atoms with E-state index in [1.807, 2.05) is 24.3 Å². The summed E-state index contributed by atoms with van der Waals surface area (Å²) in [6.07, 6.45) is 3.73. The predicted molar refractivity (Wildman–Crippen MR) is 83.1 cm³/mol. The van der Waals surface area contributed by atoms with Crippen molar-refractivity contribution in [3.8, 4) is 0 Å². The third-order valence-corrected chi connectivity index (χ3v) is 6.16. The van der Waals surface area contributed by atoms with Crippen LogP contribution in [0.5, 0.6) is 0 Å². The topological polar surface area (TPSA) is 68.1 Å². The third-order valence-electron chi connectivity index (χ3n) is 4.45. The monoisotopic (exact) mass is 318 g/mol. The Bertz CT molecular complexity index is 813. The first-order valence-electron chi connectivity index (χ1n) is 7.64. The minimum atomic E-state index is -3.29. The first kappa shape index (κ1) is 13.8. The summed E-state index contributed by atoms with van der Waals surface area (Å²) in [6, 6.07) is 7.70. The zero-order chi connectivity index (χ0) is 15.2. The molecule has 0 saturated heterocycles.